The van der Waals surface area contributed by atoms with Gasteiger partial charge in [-0.25, -0.2) is 0 Å². The van der Waals surface area contributed by atoms with E-state index in [0.717, 1.165) is 29.7 Å². The molecule has 0 saturated heterocycles. The fourth-order valence-corrected chi connectivity index (χ4v) is 2.97. The van der Waals surface area contributed by atoms with E-state index >= 15 is 0 Å². The molecule has 1 aromatic carbocycles. The number of benzene rings is 1. The van der Waals surface area contributed by atoms with Crippen molar-refractivity contribution in [1.82, 2.24) is 5.32 Å². The van der Waals surface area contributed by atoms with Crippen LogP contribution >= 0.6 is 0 Å². The summed E-state index contributed by atoms with van der Waals surface area (Å²) in [7, 11) is 0. The molecule has 1 amide bonds. The van der Waals surface area contributed by atoms with Crippen molar-refractivity contribution in [2.75, 3.05) is 13.2 Å². The van der Waals surface area contributed by atoms with Crippen molar-refractivity contribution >= 4 is 5.91 Å². The normalized spacial score (nSPS) is 19.9. The van der Waals surface area contributed by atoms with E-state index in [2.05, 4.69) is 5.32 Å². The summed E-state index contributed by atoms with van der Waals surface area (Å²) in [6.07, 6.45) is 3.87. The summed E-state index contributed by atoms with van der Waals surface area (Å²) in [5, 5.41) is 13.5. The maximum Gasteiger partial charge on any atom is 0.258 e. The van der Waals surface area contributed by atoms with Crippen molar-refractivity contribution < 1.29 is 19.1 Å². The van der Waals surface area contributed by atoms with Crippen LogP contribution in [0.1, 0.15) is 29.7 Å². The molecule has 2 aromatic rings. The molecular formula is C18H21NO4. The number of para-hydroxylation sites is 1. The summed E-state index contributed by atoms with van der Waals surface area (Å²) >= 11 is 0. The molecule has 122 valence electrons. The van der Waals surface area contributed by atoms with Crippen LogP contribution in [0.4, 0.5) is 0 Å². The zero-order chi connectivity index (χ0) is 16.3. The number of furan rings is 1. The molecule has 23 heavy (non-hydrogen) atoms. The maximum absolute atomic E-state index is 12.0. The van der Waals surface area contributed by atoms with E-state index in [0.29, 0.717) is 12.2 Å². The molecular weight excluding hydrogens is 294 g/mol. The van der Waals surface area contributed by atoms with E-state index in [1.54, 1.807) is 12.3 Å². The summed E-state index contributed by atoms with van der Waals surface area (Å²) in [6.45, 7) is 2.02. The van der Waals surface area contributed by atoms with Crippen molar-refractivity contribution in [2.24, 2.45) is 0 Å². The third-order valence-corrected chi connectivity index (χ3v) is 4.27. The van der Waals surface area contributed by atoms with Gasteiger partial charge in [-0.05, 0) is 37.5 Å². The van der Waals surface area contributed by atoms with Gasteiger partial charge in [0.2, 0.25) is 0 Å². The Labute approximate surface area is 135 Å². The fourth-order valence-electron chi connectivity index (χ4n) is 2.97. The van der Waals surface area contributed by atoms with Crippen LogP contribution in [0.2, 0.25) is 0 Å². The second-order valence-corrected chi connectivity index (χ2v) is 5.97. The molecule has 1 unspecified atom stereocenters. The largest absolute Gasteiger partial charge is 0.484 e. The third-order valence-electron chi connectivity index (χ3n) is 4.27. The van der Waals surface area contributed by atoms with Gasteiger partial charge >= 0.3 is 0 Å². The van der Waals surface area contributed by atoms with Crippen molar-refractivity contribution in [1.29, 1.82) is 0 Å². The Morgan fingerprint density at radius 3 is 3.04 bits per heavy atom. The molecule has 1 atom stereocenters. The number of hydrogen-bond donors (Lipinski definition) is 2. The van der Waals surface area contributed by atoms with Crippen molar-refractivity contribution in [2.45, 2.75) is 31.8 Å². The second kappa shape index (κ2) is 6.46. The summed E-state index contributed by atoms with van der Waals surface area (Å²) in [4.78, 5) is 12.0. The molecule has 0 radical (unpaired) electrons. The maximum atomic E-state index is 12.0. The van der Waals surface area contributed by atoms with Crippen LogP contribution in [0.3, 0.4) is 0 Å². The minimum absolute atomic E-state index is 0.0703. The lowest BCUT2D eigenvalue weighted by Crippen LogP contribution is -2.43. The number of aliphatic hydroxyl groups is 1. The van der Waals surface area contributed by atoms with Gasteiger partial charge in [0.05, 0.1) is 12.8 Å². The SMILES string of the molecule is Cc1ccccc1OCC(=O)NCC1(O)CCCc2occc21. The molecule has 2 N–H and O–H groups in total. The van der Waals surface area contributed by atoms with Crippen LogP contribution in [0.25, 0.3) is 0 Å². The van der Waals surface area contributed by atoms with E-state index in [1.807, 2.05) is 31.2 Å². The predicted octanol–water partition coefficient (Wildman–Crippen LogP) is 2.31. The number of fused-ring (bicyclic) bond motifs is 1. The van der Waals surface area contributed by atoms with Gasteiger partial charge in [0.25, 0.3) is 5.91 Å². The van der Waals surface area contributed by atoms with E-state index in [1.165, 1.54) is 0 Å². The van der Waals surface area contributed by atoms with Crippen molar-refractivity contribution in [3.8, 4) is 5.75 Å². The first-order valence-corrected chi connectivity index (χ1v) is 7.83. The molecule has 1 aliphatic rings. The summed E-state index contributed by atoms with van der Waals surface area (Å²) < 4.78 is 10.9. The zero-order valence-electron chi connectivity index (χ0n) is 13.2. The first kappa shape index (κ1) is 15.6. The number of amides is 1. The summed E-state index contributed by atoms with van der Waals surface area (Å²) in [5.74, 6) is 1.25. The Morgan fingerprint density at radius 2 is 2.22 bits per heavy atom. The average Bonchev–Trinajstić information content (AvgIpc) is 3.03. The molecule has 0 bridgehead atoms. The van der Waals surface area contributed by atoms with Gasteiger partial charge in [-0.1, -0.05) is 18.2 Å². The quantitative estimate of drug-likeness (QED) is 0.888. The molecule has 0 spiro atoms. The standard InChI is InChI=1S/C18H21NO4/c1-13-5-2-3-6-15(13)23-11-17(20)19-12-18(21)9-4-7-16-14(18)8-10-22-16/h2-3,5-6,8,10,21H,4,7,9,11-12H2,1H3,(H,19,20). The molecule has 1 heterocycles. The van der Waals surface area contributed by atoms with Gasteiger partial charge in [-0.2, -0.15) is 0 Å². The first-order valence-electron chi connectivity index (χ1n) is 7.83. The van der Waals surface area contributed by atoms with E-state index in [9.17, 15) is 9.90 Å². The molecule has 5 heteroatoms. The lowest BCUT2D eigenvalue weighted by Gasteiger charge is -2.31. The van der Waals surface area contributed by atoms with E-state index < -0.39 is 5.60 Å². The number of ether oxygens (including phenoxy) is 1. The fraction of sp³-hybridized carbons (Fsp3) is 0.389. The highest BCUT2D eigenvalue weighted by Gasteiger charge is 2.36. The topological polar surface area (TPSA) is 71.7 Å². The van der Waals surface area contributed by atoms with Crippen LogP contribution < -0.4 is 10.1 Å². The van der Waals surface area contributed by atoms with E-state index in [4.69, 9.17) is 9.15 Å². The summed E-state index contributed by atoms with van der Waals surface area (Å²) in [6, 6.07) is 9.33. The highest BCUT2D eigenvalue weighted by atomic mass is 16.5. The van der Waals surface area contributed by atoms with E-state index in [-0.39, 0.29) is 19.1 Å². The molecule has 0 aliphatic heterocycles. The van der Waals surface area contributed by atoms with Gasteiger partial charge in [0.1, 0.15) is 17.1 Å². The minimum Gasteiger partial charge on any atom is -0.484 e. The highest BCUT2D eigenvalue weighted by molar-refractivity contribution is 5.77. The predicted molar refractivity (Wildman–Crippen MR) is 85.2 cm³/mol. The van der Waals surface area contributed by atoms with Gasteiger partial charge in [0.15, 0.2) is 6.61 Å². The van der Waals surface area contributed by atoms with Crippen LogP contribution in [-0.2, 0) is 16.8 Å². The molecule has 1 aliphatic carbocycles. The number of carbonyl (C=O) groups excluding carboxylic acids is 1. The Balaban J connectivity index is 1.55. The van der Waals surface area contributed by atoms with Crippen molar-refractivity contribution in [3.63, 3.8) is 0 Å². The number of aryl methyl sites for hydroxylation is 2. The lowest BCUT2D eigenvalue weighted by atomic mass is 9.83. The molecule has 5 nitrogen and oxygen atoms in total. The second-order valence-electron chi connectivity index (χ2n) is 5.97. The Morgan fingerprint density at radius 1 is 1.39 bits per heavy atom. The zero-order valence-corrected chi connectivity index (χ0v) is 13.2. The molecule has 0 fully saturated rings. The average molecular weight is 315 g/mol. The van der Waals surface area contributed by atoms with Crippen LogP contribution in [-0.4, -0.2) is 24.2 Å². The Bertz CT molecular complexity index is 694. The molecule has 0 saturated carbocycles. The number of nitrogens with one attached hydrogen (secondary N) is 1. The molecule has 3 rings (SSSR count). The number of carbonyl (C=O) groups is 1. The van der Waals surface area contributed by atoms with Gasteiger partial charge in [0, 0.05) is 12.0 Å². The number of hydrogen-bond acceptors (Lipinski definition) is 4. The van der Waals surface area contributed by atoms with Gasteiger partial charge in [-0.3, -0.25) is 4.79 Å². The third kappa shape index (κ3) is 3.40. The summed E-state index contributed by atoms with van der Waals surface area (Å²) in [5.41, 5.74) is 0.706. The minimum atomic E-state index is -1.06. The van der Waals surface area contributed by atoms with Crippen molar-refractivity contribution in [3.05, 3.63) is 53.5 Å². The van der Waals surface area contributed by atoms with Crippen LogP contribution in [0.5, 0.6) is 5.75 Å². The van der Waals surface area contributed by atoms with Gasteiger partial charge in [-0.15, -0.1) is 0 Å². The van der Waals surface area contributed by atoms with Gasteiger partial charge < -0.3 is 19.6 Å². The smallest absolute Gasteiger partial charge is 0.258 e. The monoisotopic (exact) mass is 315 g/mol. The highest BCUT2D eigenvalue weighted by Crippen LogP contribution is 2.35. The van der Waals surface area contributed by atoms with Crippen LogP contribution in [0, 0.1) is 6.92 Å². The molecule has 1 aromatic heterocycles. The van der Waals surface area contributed by atoms with Crippen LogP contribution in [0.15, 0.2) is 41.0 Å². The lowest BCUT2D eigenvalue weighted by molar-refractivity contribution is -0.124. The first-order chi connectivity index (χ1) is 11.1. The Kier molecular flexibility index (Phi) is 4.39. The Hall–Kier alpha value is -2.27. The number of rotatable bonds is 5.